The van der Waals surface area contributed by atoms with Crippen molar-refractivity contribution in [2.24, 2.45) is 0 Å². The number of carbonyl (C=O) groups excluding carboxylic acids is 1. The normalized spacial score (nSPS) is 11.1. The van der Waals surface area contributed by atoms with E-state index in [1.807, 2.05) is 12.1 Å². The molecule has 1 amide bonds. The monoisotopic (exact) mass is 477 g/mol. The van der Waals surface area contributed by atoms with Gasteiger partial charge >= 0.3 is 0 Å². The second-order valence-electron chi connectivity index (χ2n) is 7.49. The lowest BCUT2D eigenvalue weighted by Gasteiger charge is -2.12. The smallest absolute Gasteiger partial charge is 0.261 e. The molecule has 10 heteroatoms. The van der Waals surface area contributed by atoms with Crippen molar-refractivity contribution in [3.63, 3.8) is 0 Å². The summed E-state index contributed by atoms with van der Waals surface area (Å²) in [6.07, 6.45) is 6.77. The van der Waals surface area contributed by atoms with Crippen LogP contribution in [0, 0.1) is 6.92 Å². The number of hydrogen-bond acceptors (Lipinski definition) is 6. The second-order valence-corrected chi connectivity index (χ2v) is 9.17. The molecule has 2 heterocycles. The average molecular weight is 478 g/mol. The third kappa shape index (κ3) is 5.24. The lowest BCUT2D eigenvalue weighted by Crippen LogP contribution is -2.24. The van der Waals surface area contributed by atoms with Crippen molar-refractivity contribution in [2.45, 2.75) is 18.4 Å². The molecule has 4 aromatic rings. The van der Waals surface area contributed by atoms with E-state index in [9.17, 15) is 13.2 Å². The molecular formula is C24H23N5O4S. The zero-order valence-electron chi connectivity index (χ0n) is 18.6. The first-order valence-corrected chi connectivity index (χ1v) is 11.8. The number of hydrogen-bond donors (Lipinski definition) is 2. The van der Waals surface area contributed by atoms with Gasteiger partial charge in [-0.05, 0) is 60.5 Å². The molecule has 9 nitrogen and oxygen atoms in total. The summed E-state index contributed by atoms with van der Waals surface area (Å²) in [6.45, 7) is 2.00. The van der Waals surface area contributed by atoms with Crippen LogP contribution in [0.4, 0.5) is 5.69 Å². The van der Waals surface area contributed by atoms with E-state index in [-0.39, 0.29) is 22.9 Å². The number of benzene rings is 2. The maximum absolute atomic E-state index is 12.9. The Kier molecular flexibility index (Phi) is 6.60. The van der Waals surface area contributed by atoms with E-state index >= 15 is 0 Å². The Morgan fingerprint density at radius 2 is 1.88 bits per heavy atom. The van der Waals surface area contributed by atoms with Gasteiger partial charge in [0.2, 0.25) is 0 Å². The fourth-order valence-electron chi connectivity index (χ4n) is 3.23. The minimum absolute atomic E-state index is 0.00887. The van der Waals surface area contributed by atoms with Gasteiger partial charge in [0.05, 0.1) is 12.0 Å². The molecular weight excluding hydrogens is 454 g/mol. The Balaban J connectivity index is 1.45. The van der Waals surface area contributed by atoms with Crippen LogP contribution in [-0.2, 0) is 16.6 Å². The lowest BCUT2D eigenvalue weighted by atomic mass is 10.1. The molecule has 0 aliphatic carbocycles. The summed E-state index contributed by atoms with van der Waals surface area (Å²) in [5.41, 5.74) is 2.13. The molecule has 0 saturated carbocycles. The third-order valence-corrected chi connectivity index (χ3v) is 6.52. The molecule has 174 valence electrons. The summed E-state index contributed by atoms with van der Waals surface area (Å²) in [7, 11) is -2.35. The van der Waals surface area contributed by atoms with Crippen LogP contribution in [0.3, 0.4) is 0 Å². The second kappa shape index (κ2) is 9.75. The van der Waals surface area contributed by atoms with Crippen molar-refractivity contribution in [3.8, 4) is 11.6 Å². The number of sulfonamides is 1. The minimum Gasteiger partial charge on any atom is -0.497 e. The Morgan fingerprint density at radius 3 is 2.53 bits per heavy atom. The highest BCUT2D eigenvalue weighted by molar-refractivity contribution is 7.92. The molecule has 0 aliphatic rings. The number of aryl methyl sites for hydroxylation is 1. The van der Waals surface area contributed by atoms with Gasteiger partial charge in [-0.3, -0.25) is 14.1 Å². The van der Waals surface area contributed by atoms with E-state index in [1.54, 1.807) is 66.7 Å². The number of rotatable bonds is 8. The van der Waals surface area contributed by atoms with E-state index < -0.39 is 10.0 Å². The molecule has 0 bridgehead atoms. The topological polar surface area (TPSA) is 115 Å². The highest BCUT2D eigenvalue weighted by atomic mass is 32.2. The molecule has 0 spiro atoms. The molecule has 0 aliphatic heterocycles. The van der Waals surface area contributed by atoms with E-state index in [2.05, 4.69) is 20.0 Å². The predicted molar refractivity (Wildman–Crippen MR) is 128 cm³/mol. The summed E-state index contributed by atoms with van der Waals surface area (Å²) >= 11 is 0. The largest absolute Gasteiger partial charge is 0.497 e. The number of methoxy groups -OCH3 is 1. The highest BCUT2D eigenvalue weighted by Crippen LogP contribution is 2.21. The van der Waals surface area contributed by atoms with Crippen LogP contribution in [0.1, 0.15) is 21.5 Å². The van der Waals surface area contributed by atoms with Crippen LogP contribution >= 0.6 is 0 Å². The van der Waals surface area contributed by atoms with Gasteiger partial charge in [0, 0.05) is 36.4 Å². The fraction of sp³-hybridized carbons (Fsp3) is 0.125. The summed E-state index contributed by atoms with van der Waals surface area (Å²) in [6, 6.07) is 14.6. The summed E-state index contributed by atoms with van der Waals surface area (Å²) in [4.78, 5) is 21.2. The Morgan fingerprint density at radius 1 is 1.09 bits per heavy atom. The quantitative estimate of drug-likeness (QED) is 0.402. The number of pyridine rings is 1. The molecule has 2 aromatic carbocycles. The summed E-state index contributed by atoms with van der Waals surface area (Å²) in [5, 5.41) is 2.82. The first kappa shape index (κ1) is 23.0. The molecule has 34 heavy (non-hydrogen) atoms. The number of imidazole rings is 1. The van der Waals surface area contributed by atoms with Gasteiger partial charge < -0.3 is 10.1 Å². The molecule has 0 unspecified atom stereocenters. The van der Waals surface area contributed by atoms with Gasteiger partial charge in [-0.15, -0.1) is 0 Å². The lowest BCUT2D eigenvalue weighted by molar-refractivity contribution is 0.0950. The maximum atomic E-state index is 12.9. The Hall–Kier alpha value is -4.18. The number of nitrogens with zero attached hydrogens (tertiary/aromatic N) is 3. The van der Waals surface area contributed by atoms with Gasteiger partial charge in [0.25, 0.3) is 15.9 Å². The van der Waals surface area contributed by atoms with Crippen LogP contribution < -0.4 is 14.8 Å². The molecule has 4 rings (SSSR count). The van der Waals surface area contributed by atoms with Crippen LogP contribution in [-0.4, -0.2) is 36.0 Å². The van der Waals surface area contributed by atoms with Crippen molar-refractivity contribution >= 4 is 21.6 Å². The third-order valence-electron chi connectivity index (χ3n) is 5.14. The van der Waals surface area contributed by atoms with Crippen molar-refractivity contribution in [3.05, 3.63) is 96.2 Å². The summed E-state index contributed by atoms with van der Waals surface area (Å²) < 4.78 is 35.1. The predicted octanol–water partition coefficient (Wildman–Crippen LogP) is 3.32. The number of aromatic nitrogens is 3. The van der Waals surface area contributed by atoms with E-state index in [0.717, 1.165) is 5.56 Å². The molecule has 0 fully saturated rings. The van der Waals surface area contributed by atoms with Gasteiger partial charge in [-0.2, -0.15) is 0 Å². The van der Waals surface area contributed by atoms with Crippen LogP contribution in [0.2, 0.25) is 0 Å². The molecule has 2 N–H and O–H groups in total. The van der Waals surface area contributed by atoms with Gasteiger partial charge in [-0.1, -0.05) is 12.1 Å². The zero-order chi connectivity index (χ0) is 24.1. The number of anilines is 1. The summed E-state index contributed by atoms with van der Waals surface area (Å²) in [5.74, 6) is 0.951. The van der Waals surface area contributed by atoms with Crippen molar-refractivity contribution in [2.75, 3.05) is 11.8 Å². The average Bonchev–Trinajstić information content (AvgIpc) is 3.38. The van der Waals surface area contributed by atoms with Gasteiger partial charge in [-0.25, -0.2) is 18.4 Å². The highest BCUT2D eigenvalue weighted by Gasteiger charge is 2.18. The van der Waals surface area contributed by atoms with E-state index in [4.69, 9.17) is 4.74 Å². The number of carbonyl (C=O) groups is 1. The van der Waals surface area contributed by atoms with Crippen LogP contribution in [0.25, 0.3) is 5.82 Å². The maximum Gasteiger partial charge on any atom is 0.261 e. The fourth-order valence-corrected chi connectivity index (χ4v) is 4.32. The van der Waals surface area contributed by atoms with E-state index in [1.165, 1.54) is 19.2 Å². The number of amides is 1. The van der Waals surface area contributed by atoms with Gasteiger partial charge in [0.15, 0.2) is 0 Å². The molecule has 2 aromatic heterocycles. The van der Waals surface area contributed by atoms with Crippen LogP contribution in [0.15, 0.2) is 84.4 Å². The standard InChI is InChI=1S/C24H23N5O4S/c1-17-3-9-21(34(31,32)28-19-5-7-20(33-2)8-6-19)13-22(17)24(30)27-15-18-4-10-23(26-14-18)29-12-11-25-16-29/h3-14,16,28H,15H2,1-2H3,(H,27,30). The van der Waals surface area contributed by atoms with E-state index in [0.29, 0.717) is 22.8 Å². The van der Waals surface area contributed by atoms with Gasteiger partial charge in [0.1, 0.15) is 17.9 Å². The molecule has 0 atom stereocenters. The van der Waals surface area contributed by atoms with Crippen molar-refractivity contribution < 1.29 is 17.9 Å². The Bertz CT molecular complexity index is 1380. The first-order chi connectivity index (χ1) is 16.4. The first-order valence-electron chi connectivity index (χ1n) is 10.3. The number of nitrogens with one attached hydrogen (secondary N) is 2. The number of ether oxygens (including phenoxy) is 1. The molecule has 0 saturated heterocycles. The van der Waals surface area contributed by atoms with Crippen molar-refractivity contribution in [1.82, 2.24) is 19.9 Å². The van der Waals surface area contributed by atoms with Crippen molar-refractivity contribution in [1.29, 1.82) is 0 Å². The SMILES string of the molecule is COc1ccc(NS(=O)(=O)c2ccc(C)c(C(=O)NCc3ccc(-n4ccnc4)nc3)c2)cc1. The van der Waals surface area contributed by atoms with Crippen LogP contribution in [0.5, 0.6) is 5.75 Å². The minimum atomic E-state index is -3.89. The Labute approximate surface area is 197 Å². The molecule has 0 radical (unpaired) electrons. The zero-order valence-corrected chi connectivity index (χ0v) is 19.4.